The molecule has 1 saturated carbocycles. The van der Waals surface area contributed by atoms with E-state index >= 15 is 0 Å². The second-order valence-electron chi connectivity index (χ2n) is 5.12. The minimum Gasteiger partial charge on any atom is -0.383 e. The molecule has 4 heteroatoms. The first-order chi connectivity index (χ1) is 8.86. The summed E-state index contributed by atoms with van der Waals surface area (Å²) in [6.45, 7) is 5.75. The van der Waals surface area contributed by atoms with Crippen molar-refractivity contribution >= 4 is 0 Å². The lowest BCUT2D eigenvalue weighted by atomic mass is 9.95. The summed E-state index contributed by atoms with van der Waals surface area (Å²) in [5.74, 6) is 0. The number of methoxy groups -OCH3 is 2. The highest BCUT2D eigenvalue weighted by atomic mass is 16.5. The molecule has 0 unspecified atom stereocenters. The molecule has 18 heavy (non-hydrogen) atoms. The van der Waals surface area contributed by atoms with E-state index in [1.54, 1.807) is 14.2 Å². The van der Waals surface area contributed by atoms with Crippen molar-refractivity contribution in [3.63, 3.8) is 0 Å². The van der Waals surface area contributed by atoms with Gasteiger partial charge in [-0.25, -0.2) is 0 Å². The maximum atomic E-state index is 5.15. The van der Waals surface area contributed by atoms with Crippen LogP contribution in [0.3, 0.4) is 0 Å². The van der Waals surface area contributed by atoms with Gasteiger partial charge in [0.2, 0.25) is 0 Å². The molecule has 0 aliphatic heterocycles. The van der Waals surface area contributed by atoms with E-state index < -0.39 is 0 Å². The summed E-state index contributed by atoms with van der Waals surface area (Å²) < 4.78 is 10.3. The Morgan fingerprint density at radius 3 is 2.11 bits per heavy atom. The standard InChI is InChI=1S/C14H30N2O2/c1-17-12-10-16(11-13-18-2)9-8-15-14-6-4-3-5-7-14/h14-15H,3-13H2,1-2H3. The molecule has 0 aromatic rings. The summed E-state index contributed by atoms with van der Waals surface area (Å²) in [6, 6.07) is 0.755. The van der Waals surface area contributed by atoms with Crippen LogP contribution in [0.2, 0.25) is 0 Å². The number of nitrogens with zero attached hydrogens (tertiary/aromatic N) is 1. The predicted octanol–water partition coefficient (Wildman–Crippen LogP) is 1.50. The molecule has 0 heterocycles. The number of rotatable bonds is 10. The summed E-state index contributed by atoms with van der Waals surface area (Å²) in [5, 5.41) is 3.68. The summed E-state index contributed by atoms with van der Waals surface area (Å²) in [4.78, 5) is 2.41. The van der Waals surface area contributed by atoms with Gasteiger partial charge in [-0.2, -0.15) is 0 Å². The van der Waals surface area contributed by atoms with E-state index in [1.165, 1.54) is 32.1 Å². The molecular formula is C14H30N2O2. The van der Waals surface area contributed by atoms with E-state index in [4.69, 9.17) is 9.47 Å². The lowest BCUT2D eigenvalue weighted by molar-refractivity contribution is 0.113. The third-order valence-corrected chi connectivity index (χ3v) is 3.69. The Kier molecular flexibility index (Phi) is 9.48. The van der Waals surface area contributed by atoms with Gasteiger partial charge in [0.1, 0.15) is 0 Å². The van der Waals surface area contributed by atoms with Crippen LogP contribution in [0, 0.1) is 0 Å². The third kappa shape index (κ3) is 7.31. The van der Waals surface area contributed by atoms with Gasteiger partial charge >= 0.3 is 0 Å². The average molecular weight is 258 g/mol. The highest BCUT2D eigenvalue weighted by molar-refractivity contribution is 4.72. The lowest BCUT2D eigenvalue weighted by Crippen LogP contribution is -2.40. The maximum absolute atomic E-state index is 5.15. The van der Waals surface area contributed by atoms with E-state index in [-0.39, 0.29) is 0 Å². The molecule has 0 atom stereocenters. The average Bonchev–Trinajstić information content (AvgIpc) is 2.42. The van der Waals surface area contributed by atoms with Gasteiger partial charge in [-0.15, -0.1) is 0 Å². The molecule has 0 aromatic carbocycles. The number of hydrogen-bond acceptors (Lipinski definition) is 4. The second-order valence-corrected chi connectivity index (χ2v) is 5.12. The molecule has 0 radical (unpaired) electrons. The molecule has 0 saturated heterocycles. The molecule has 1 N–H and O–H groups in total. The van der Waals surface area contributed by atoms with Gasteiger partial charge in [-0.1, -0.05) is 19.3 Å². The van der Waals surface area contributed by atoms with Crippen molar-refractivity contribution in [2.45, 2.75) is 38.1 Å². The Labute approximate surface area is 112 Å². The maximum Gasteiger partial charge on any atom is 0.0589 e. The quantitative estimate of drug-likeness (QED) is 0.644. The molecule has 0 aromatic heterocycles. The number of hydrogen-bond donors (Lipinski definition) is 1. The minimum atomic E-state index is 0.755. The van der Waals surface area contributed by atoms with Gasteiger partial charge < -0.3 is 14.8 Å². The second kappa shape index (κ2) is 10.7. The molecule has 0 spiro atoms. The predicted molar refractivity (Wildman–Crippen MR) is 75.1 cm³/mol. The Morgan fingerprint density at radius 1 is 0.944 bits per heavy atom. The Bertz CT molecular complexity index is 177. The molecule has 0 bridgehead atoms. The van der Waals surface area contributed by atoms with Crippen LogP contribution in [0.1, 0.15) is 32.1 Å². The molecule has 1 rings (SSSR count). The van der Waals surface area contributed by atoms with E-state index in [2.05, 4.69) is 10.2 Å². The zero-order chi connectivity index (χ0) is 13.1. The molecular weight excluding hydrogens is 228 g/mol. The van der Waals surface area contributed by atoms with Crippen LogP contribution < -0.4 is 5.32 Å². The third-order valence-electron chi connectivity index (χ3n) is 3.69. The first kappa shape index (κ1) is 15.9. The Morgan fingerprint density at radius 2 is 1.56 bits per heavy atom. The topological polar surface area (TPSA) is 33.7 Å². The van der Waals surface area contributed by atoms with E-state index in [0.717, 1.165) is 45.4 Å². The largest absolute Gasteiger partial charge is 0.383 e. The zero-order valence-corrected chi connectivity index (χ0v) is 12.1. The van der Waals surface area contributed by atoms with Crippen molar-refractivity contribution in [2.24, 2.45) is 0 Å². The van der Waals surface area contributed by atoms with E-state index in [9.17, 15) is 0 Å². The molecule has 0 amide bonds. The Balaban J connectivity index is 2.10. The van der Waals surface area contributed by atoms with Crippen molar-refractivity contribution in [1.29, 1.82) is 0 Å². The van der Waals surface area contributed by atoms with Gasteiger partial charge in [0.05, 0.1) is 13.2 Å². The van der Waals surface area contributed by atoms with Crippen molar-refractivity contribution in [2.75, 3.05) is 53.6 Å². The van der Waals surface area contributed by atoms with Gasteiger partial charge in [-0.3, -0.25) is 4.90 Å². The monoisotopic (exact) mass is 258 g/mol. The fourth-order valence-electron chi connectivity index (χ4n) is 2.51. The fraction of sp³-hybridized carbons (Fsp3) is 1.00. The normalized spacial score (nSPS) is 17.5. The highest BCUT2D eigenvalue weighted by Gasteiger charge is 2.12. The van der Waals surface area contributed by atoms with Crippen molar-refractivity contribution in [3.8, 4) is 0 Å². The van der Waals surface area contributed by atoms with Crippen molar-refractivity contribution < 1.29 is 9.47 Å². The SMILES string of the molecule is COCCN(CCNC1CCCCC1)CCOC. The highest BCUT2D eigenvalue weighted by Crippen LogP contribution is 2.16. The molecule has 108 valence electrons. The smallest absolute Gasteiger partial charge is 0.0589 e. The molecule has 4 nitrogen and oxygen atoms in total. The molecule has 1 aliphatic carbocycles. The first-order valence-corrected chi connectivity index (χ1v) is 7.30. The first-order valence-electron chi connectivity index (χ1n) is 7.30. The van der Waals surface area contributed by atoms with Crippen LogP contribution in [0.15, 0.2) is 0 Å². The summed E-state index contributed by atoms with van der Waals surface area (Å²) in [6.07, 6.45) is 6.93. The van der Waals surface area contributed by atoms with Crippen LogP contribution in [0.5, 0.6) is 0 Å². The van der Waals surface area contributed by atoms with Gasteiger partial charge in [0.25, 0.3) is 0 Å². The Hall–Kier alpha value is -0.160. The summed E-state index contributed by atoms with van der Waals surface area (Å²) in [5.41, 5.74) is 0. The van der Waals surface area contributed by atoms with Crippen LogP contribution in [0.4, 0.5) is 0 Å². The van der Waals surface area contributed by atoms with E-state index in [0.29, 0.717) is 0 Å². The molecule has 1 fully saturated rings. The molecule has 1 aliphatic rings. The number of ether oxygens (including phenoxy) is 2. The van der Waals surface area contributed by atoms with E-state index in [1.807, 2.05) is 0 Å². The minimum absolute atomic E-state index is 0.755. The lowest BCUT2D eigenvalue weighted by Gasteiger charge is -2.26. The van der Waals surface area contributed by atoms with Crippen LogP contribution in [-0.4, -0.2) is 64.6 Å². The van der Waals surface area contributed by atoms with Crippen LogP contribution in [0.25, 0.3) is 0 Å². The van der Waals surface area contributed by atoms with Gasteiger partial charge in [0.15, 0.2) is 0 Å². The van der Waals surface area contributed by atoms with Crippen molar-refractivity contribution in [3.05, 3.63) is 0 Å². The van der Waals surface area contributed by atoms with Gasteiger partial charge in [0, 0.05) is 46.4 Å². The van der Waals surface area contributed by atoms with Gasteiger partial charge in [-0.05, 0) is 12.8 Å². The summed E-state index contributed by atoms with van der Waals surface area (Å²) >= 11 is 0. The zero-order valence-electron chi connectivity index (χ0n) is 12.1. The van der Waals surface area contributed by atoms with Crippen LogP contribution in [-0.2, 0) is 9.47 Å². The summed E-state index contributed by atoms with van der Waals surface area (Å²) in [7, 11) is 3.52. The fourth-order valence-corrected chi connectivity index (χ4v) is 2.51. The van der Waals surface area contributed by atoms with Crippen LogP contribution >= 0.6 is 0 Å². The van der Waals surface area contributed by atoms with Crippen molar-refractivity contribution in [1.82, 2.24) is 10.2 Å². The number of nitrogens with one attached hydrogen (secondary N) is 1.